The van der Waals surface area contributed by atoms with Crippen LogP contribution in [-0.4, -0.2) is 103 Å². The zero-order chi connectivity index (χ0) is 37.4. The van der Waals surface area contributed by atoms with Crippen molar-refractivity contribution in [3.05, 3.63) is 70.3 Å². The minimum Gasteiger partial charge on any atom is -0.490 e. The van der Waals surface area contributed by atoms with Gasteiger partial charge in [-0.2, -0.15) is 0 Å². The van der Waals surface area contributed by atoms with Crippen LogP contribution in [0.2, 0.25) is 5.02 Å². The van der Waals surface area contributed by atoms with E-state index in [9.17, 15) is 9.00 Å². The predicted octanol–water partition coefficient (Wildman–Crippen LogP) is 6.99. The molecule has 7 atom stereocenters. The van der Waals surface area contributed by atoms with Gasteiger partial charge in [0.25, 0.3) is 5.91 Å². The molecule has 8 nitrogen and oxygen atoms in total. The van der Waals surface area contributed by atoms with E-state index in [2.05, 4.69) is 63.4 Å². The largest absolute Gasteiger partial charge is 0.490 e. The molecule has 290 valence electrons. The molecule has 2 aliphatic carbocycles. The summed E-state index contributed by atoms with van der Waals surface area (Å²) in [4.78, 5) is 21.6. The van der Waals surface area contributed by atoms with Crippen LogP contribution in [0.4, 0.5) is 5.69 Å². The van der Waals surface area contributed by atoms with Gasteiger partial charge in [0.05, 0.1) is 22.0 Å². The summed E-state index contributed by atoms with van der Waals surface area (Å²) in [6.07, 6.45) is 13.1. The Labute approximate surface area is 323 Å². The van der Waals surface area contributed by atoms with Gasteiger partial charge >= 0.3 is 0 Å². The van der Waals surface area contributed by atoms with Crippen LogP contribution in [-0.2, 0) is 26.3 Å². The van der Waals surface area contributed by atoms with E-state index in [0.717, 1.165) is 101 Å². The number of fused-ring (bicyclic) bond motifs is 4. The van der Waals surface area contributed by atoms with Crippen molar-refractivity contribution in [1.29, 1.82) is 0 Å². The van der Waals surface area contributed by atoms with Crippen LogP contribution < -0.4 is 14.4 Å². The van der Waals surface area contributed by atoms with Gasteiger partial charge in [-0.3, -0.25) is 14.4 Å². The Hall–Kier alpha value is -2.56. The molecule has 7 rings (SSSR count). The number of allylic oxidation sites excluding steroid dienone is 1. The molecule has 0 aromatic heterocycles. The number of hydrogen-bond donors (Lipinski definition) is 1. The normalized spacial score (nSPS) is 34.6. The highest BCUT2D eigenvalue weighted by Crippen LogP contribution is 2.49. The molecule has 1 saturated carbocycles. The molecular weight excluding hydrogens is 704 g/mol. The Kier molecular flexibility index (Phi) is 11.6. The van der Waals surface area contributed by atoms with Gasteiger partial charge in [0.15, 0.2) is 0 Å². The lowest BCUT2D eigenvalue weighted by Crippen LogP contribution is -2.59. The first-order valence-electron chi connectivity index (χ1n) is 20.1. The van der Waals surface area contributed by atoms with Gasteiger partial charge in [-0.25, -0.2) is 4.21 Å². The van der Waals surface area contributed by atoms with E-state index >= 15 is 0 Å². The van der Waals surface area contributed by atoms with Gasteiger partial charge in [0, 0.05) is 74.2 Å². The second-order valence-electron chi connectivity index (χ2n) is 16.8. The number of halogens is 1. The van der Waals surface area contributed by atoms with Crippen molar-refractivity contribution in [2.24, 2.45) is 17.8 Å². The number of unbranched alkanes of at least 4 members (excludes halogenated alkanes) is 1. The molecular formula is C43H61ClN4O4S. The Bertz CT molecular complexity index is 1780. The molecule has 0 radical (unpaired) electrons. The Morgan fingerprint density at radius 2 is 1.89 bits per heavy atom. The summed E-state index contributed by atoms with van der Waals surface area (Å²) in [5.74, 6) is 5.27. The highest BCUT2D eigenvalue weighted by atomic mass is 35.5. The molecule has 53 heavy (non-hydrogen) atoms. The number of benzene rings is 2. The van der Waals surface area contributed by atoms with Crippen molar-refractivity contribution < 1.29 is 18.5 Å². The summed E-state index contributed by atoms with van der Waals surface area (Å²) in [7, 11) is -1.04. The van der Waals surface area contributed by atoms with E-state index in [4.69, 9.17) is 21.1 Å². The summed E-state index contributed by atoms with van der Waals surface area (Å²) in [5.41, 5.74) is 3.36. The second-order valence-corrected chi connectivity index (χ2v) is 19.7. The number of carbonyl (C=O) groups excluding carboxylic acids is 1. The zero-order valence-electron chi connectivity index (χ0n) is 32.4. The molecule has 1 amide bonds. The smallest absolute Gasteiger partial charge is 0.262 e. The Balaban J connectivity index is 1.27. The second kappa shape index (κ2) is 15.9. The fraction of sp³-hybridized carbons (Fsp3) is 0.628. The molecule has 2 aromatic rings. The summed E-state index contributed by atoms with van der Waals surface area (Å²) < 4.78 is 30.4. The molecule has 1 N–H and O–H groups in total. The van der Waals surface area contributed by atoms with Crippen molar-refractivity contribution in [3.63, 3.8) is 0 Å². The van der Waals surface area contributed by atoms with Crippen LogP contribution in [0.1, 0.15) is 87.2 Å². The average Bonchev–Trinajstić information content (AvgIpc) is 3.28. The quantitative estimate of drug-likeness (QED) is 0.251. The first kappa shape index (κ1) is 38.7. The maximum absolute atomic E-state index is 14.1. The van der Waals surface area contributed by atoms with Crippen LogP contribution in [0.15, 0.2) is 48.6 Å². The van der Waals surface area contributed by atoms with Gasteiger partial charge in [-0.1, -0.05) is 50.1 Å². The number of ether oxygens (including phenoxy) is 2. The van der Waals surface area contributed by atoms with Crippen molar-refractivity contribution in [2.45, 2.75) is 88.4 Å². The lowest BCUT2D eigenvalue weighted by molar-refractivity contribution is -0.0954. The van der Waals surface area contributed by atoms with Crippen LogP contribution >= 0.6 is 11.6 Å². The molecule has 1 unspecified atom stereocenters. The van der Waals surface area contributed by atoms with Crippen LogP contribution in [0.5, 0.6) is 5.75 Å². The Morgan fingerprint density at radius 3 is 2.62 bits per heavy atom. The minimum atomic E-state index is -2.95. The molecule has 2 bridgehead atoms. The number of anilines is 1. The third-order valence-corrected chi connectivity index (χ3v) is 15.9. The van der Waals surface area contributed by atoms with E-state index < -0.39 is 15.3 Å². The molecule has 10 heteroatoms. The summed E-state index contributed by atoms with van der Waals surface area (Å²) in [6.45, 7) is 14.8. The number of piperazine rings is 1. The molecule has 1 saturated heterocycles. The summed E-state index contributed by atoms with van der Waals surface area (Å²) in [5, 5.41) is 0.447. The van der Waals surface area contributed by atoms with Crippen LogP contribution in [0, 0.1) is 17.8 Å². The molecule has 5 aliphatic rings. The molecule has 1 spiro atoms. The summed E-state index contributed by atoms with van der Waals surface area (Å²) in [6, 6.07) is 12.1. The first-order valence-corrected chi connectivity index (χ1v) is 22.3. The number of rotatable bonds is 6. The third kappa shape index (κ3) is 7.93. The van der Waals surface area contributed by atoms with Crippen molar-refractivity contribution in [1.82, 2.24) is 14.5 Å². The lowest BCUT2D eigenvalue weighted by atomic mass is 9.63. The third-order valence-electron chi connectivity index (χ3n) is 13.5. The predicted molar refractivity (Wildman–Crippen MR) is 219 cm³/mol. The highest BCUT2D eigenvalue weighted by Gasteiger charge is 2.50. The van der Waals surface area contributed by atoms with Gasteiger partial charge in [-0.05, 0) is 123 Å². The molecule has 2 fully saturated rings. The van der Waals surface area contributed by atoms with Crippen LogP contribution in [0.25, 0.3) is 0 Å². The monoisotopic (exact) mass is 764 g/mol. The average molecular weight is 766 g/mol. The number of nitrogens with one attached hydrogen (secondary N) is 1. The fourth-order valence-corrected chi connectivity index (χ4v) is 11.5. The maximum Gasteiger partial charge on any atom is 0.262 e. The molecule has 3 heterocycles. The highest BCUT2D eigenvalue weighted by molar-refractivity contribution is 7.99. The van der Waals surface area contributed by atoms with Crippen molar-refractivity contribution in [2.75, 3.05) is 71.0 Å². The van der Waals surface area contributed by atoms with Crippen molar-refractivity contribution >= 4 is 38.8 Å². The number of nitrogens with zero attached hydrogens (tertiary/aromatic N) is 3. The van der Waals surface area contributed by atoms with Gasteiger partial charge in [0.2, 0.25) is 0 Å². The lowest BCUT2D eigenvalue weighted by Gasteiger charge is -2.52. The van der Waals surface area contributed by atoms with Crippen molar-refractivity contribution in [3.8, 4) is 5.75 Å². The number of amides is 1. The number of aryl methyl sites for hydroxylation is 1. The van der Waals surface area contributed by atoms with E-state index in [1.165, 1.54) is 30.5 Å². The number of hydrogen-bond acceptors (Lipinski definition) is 7. The van der Waals surface area contributed by atoms with Gasteiger partial charge in [0.1, 0.15) is 11.4 Å². The van der Waals surface area contributed by atoms with Gasteiger partial charge in [-0.15, -0.1) is 0 Å². The Morgan fingerprint density at radius 1 is 1.09 bits per heavy atom. The minimum absolute atomic E-state index is 0.0405. The topological polar surface area (TPSA) is 74.4 Å². The first-order chi connectivity index (χ1) is 25.5. The zero-order valence-corrected chi connectivity index (χ0v) is 34.0. The number of carbonyl (C=O) groups is 1. The fourth-order valence-electron chi connectivity index (χ4n) is 9.81. The van der Waals surface area contributed by atoms with E-state index in [0.29, 0.717) is 24.0 Å². The van der Waals surface area contributed by atoms with E-state index in [1.54, 1.807) is 6.07 Å². The maximum atomic E-state index is 14.1. The SMILES string of the molecule is C=S1(=O)NC(=O)c2ccc3c(c2)N(C[C@@H]2CC[C@H]2[C@@](CN2CCN(CCCC)CC2)(OC)/C=C/C[C@H](C)[C@H]1C)C[C@@]1(CCCc2cc(Cl)ccc21)CO3. The van der Waals surface area contributed by atoms with Gasteiger partial charge < -0.3 is 19.3 Å². The standard InChI is InChI=1S/C43H61ClN4O4S/c1-6-7-20-46-21-23-47(24-22-46)29-43(51-4)19-8-10-31(2)32(3)53(5,50)45-41(49)34-13-17-40-39(26-34)48(27-35-12-15-38(35)43)28-42(30-52-40)18-9-11-33-25-36(44)14-16-37(33)42/h8,13-14,16-17,19,25-26,31-32,35,38H,5-7,9-12,15,18,20-24,27-30H2,1-4H3,(H,45,49,50)/b19-8+/t31-,32+,35-,38+,42-,43+,53?/m0/s1. The molecule has 3 aliphatic heterocycles. The van der Waals surface area contributed by atoms with E-state index in [-0.39, 0.29) is 22.5 Å². The number of methoxy groups -OCH3 is 1. The molecule has 2 aromatic carbocycles. The van der Waals surface area contributed by atoms with E-state index in [1.807, 2.05) is 32.2 Å². The van der Waals surface area contributed by atoms with Crippen LogP contribution in [0.3, 0.4) is 0 Å². The summed E-state index contributed by atoms with van der Waals surface area (Å²) >= 11 is 6.53.